The molecule has 5 heteroatoms. The van der Waals surface area contributed by atoms with Gasteiger partial charge in [-0.3, -0.25) is 0 Å². The summed E-state index contributed by atoms with van der Waals surface area (Å²) in [6.07, 6.45) is 7.97. The Morgan fingerprint density at radius 3 is 2.95 bits per heavy atom. The van der Waals surface area contributed by atoms with Crippen molar-refractivity contribution in [1.82, 2.24) is 14.9 Å². The van der Waals surface area contributed by atoms with Crippen LogP contribution in [0.2, 0.25) is 0 Å². The quantitative estimate of drug-likeness (QED) is 0.873. The molecule has 3 rings (SSSR count). The van der Waals surface area contributed by atoms with Gasteiger partial charge in [-0.05, 0) is 45.6 Å². The molecule has 116 valence electrons. The molecule has 2 saturated heterocycles. The van der Waals surface area contributed by atoms with E-state index in [0.717, 1.165) is 36.2 Å². The van der Waals surface area contributed by atoms with Gasteiger partial charge < -0.3 is 15.5 Å². The molecule has 2 atom stereocenters. The summed E-state index contributed by atoms with van der Waals surface area (Å²) in [6, 6.07) is 1.34. The minimum atomic E-state index is 0.553. The zero-order valence-corrected chi connectivity index (χ0v) is 13.2. The summed E-state index contributed by atoms with van der Waals surface area (Å²) in [5.41, 5.74) is 1.14. The van der Waals surface area contributed by atoms with Crippen molar-refractivity contribution < 1.29 is 0 Å². The maximum absolute atomic E-state index is 4.45. The van der Waals surface area contributed by atoms with Crippen molar-refractivity contribution in [2.45, 2.75) is 58.0 Å². The summed E-state index contributed by atoms with van der Waals surface area (Å²) in [6.45, 7) is 7.75. The normalized spacial score (nSPS) is 25.6. The molecule has 5 nitrogen and oxygen atoms in total. The van der Waals surface area contributed by atoms with Gasteiger partial charge in [-0.2, -0.15) is 0 Å². The summed E-state index contributed by atoms with van der Waals surface area (Å²) in [7, 11) is 0. The number of fused-ring (bicyclic) bond motifs is 1. The molecule has 2 aliphatic heterocycles. The van der Waals surface area contributed by atoms with Crippen LogP contribution >= 0.6 is 0 Å². The van der Waals surface area contributed by atoms with E-state index in [-0.39, 0.29) is 0 Å². The van der Waals surface area contributed by atoms with Crippen LogP contribution in [0, 0.1) is 6.92 Å². The molecule has 0 saturated carbocycles. The van der Waals surface area contributed by atoms with Crippen molar-refractivity contribution in [3.63, 3.8) is 0 Å². The van der Waals surface area contributed by atoms with Gasteiger partial charge in [0.25, 0.3) is 0 Å². The van der Waals surface area contributed by atoms with Gasteiger partial charge in [-0.1, -0.05) is 6.92 Å². The fourth-order valence-electron chi connectivity index (χ4n) is 3.57. The van der Waals surface area contributed by atoms with Gasteiger partial charge in [0.1, 0.15) is 18.0 Å². The highest BCUT2D eigenvalue weighted by atomic mass is 15.2. The van der Waals surface area contributed by atoms with Gasteiger partial charge in [0.05, 0.1) is 0 Å². The predicted octanol–water partition coefficient (Wildman–Crippen LogP) is 2.65. The molecule has 2 fully saturated rings. The van der Waals surface area contributed by atoms with E-state index in [1.807, 2.05) is 0 Å². The Balaban J connectivity index is 1.64. The van der Waals surface area contributed by atoms with E-state index < -0.39 is 0 Å². The second-order valence-corrected chi connectivity index (χ2v) is 6.32. The van der Waals surface area contributed by atoms with Crippen LogP contribution in [0.1, 0.15) is 44.6 Å². The van der Waals surface area contributed by atoms with E-state index >= 15 is 0 Å². The molecule has 21 heavy (non-hydrogen) atoms. The largest absolute Gasteiger partial charge is 0.370 e. The Morgan fingerprint density at radius 1 is 1.24 bits per heavy atom. The molecule has 0 aliphatic carbocycles. The molecular formula is C16H27N5. The lowest BCUT2D eigenvalue weighted by Crippen LogP contribution is -2.43. The highest BCUT2D eigenvalue weighted by Gasteiger charge is 2.31. The molecule has 2 N–H and O–H groups in total. The van der Waals surface area contributed by atoms with Gasteiger partial charge in [0, 0.05) is 30.7 Å². The highest BCUT2D eigenvalue weighted by Crippen LogP contribution is 2.29. The number of nitrogens with one attached hydrogen (secondary N) is 2. The third kappa shape index (κ3) is 3.28. The number of nitrogens with zero attached hydrogens (tertiary/aromatic N) is 3. The topological polar surface area (TPSA) is 53.1 Å². The Hall–Kier alpha value is -1.36. The number of piperidine rings is 1. The number of aromatic nitrogens is 2. The first-order chi connectivity index (χ1) is 10.3. The number of hydrogen-bond acceptors (Lipinski definition) is 5. The average molecular weight is 289 g/mol. The molecule has 0 spiro atoms. The van der Waals surface area contributed by atoms with Crippen LogP contribution < -0.4 is 10.6 Å². The minimum absolute atomic E-state index is 0.553. The molecule has 0 aromatic carbocycles. The van der Waals surface area contributed by atoms with Crippen molar-refractivity contribution in [2.75, 3.05) is 30.3 Å². The molecule has 1 aromatic rings. The van der Waals surface area contributed by atoms with Gasteiger partial charge >= 0.3 is 0 Å². The van der Waals surface area contributed by atoms with Gasteiger partial charge in [0.15, 0.2) is 0 Å². The van der Waals surface area contributed by atoms with E-state index in [4.69, 9.17) is 0 Å². The van der Waals surface area contributed by atoms with Gasteiger partial charge in [-0.15, -0.1) is 0 Å². The second kappa shape index (κ2) is 6.60. The SMILES string of the molecule is CCCNc1ncnc(NC2CCN3CCCC3C2)c1C. The van der Waals surface area contributed by atoms with Crippen molar-refractivity contribution in [3.05, 3.63) is 11.9 Å². The Labute approximate surface area is 127 Å². The number of rotatable bonds is 5. The van der Waals surface area contributed by atoms with Crippen molar-refractivity contribution in [3.8, 4) is 0 Å². The van der Waals surface area contributed by atoms with Gasteiger partial charge in [0.2, 0.25) is 0 Å². The Morgan fingerprint density at radius 2 is 2.10 bits per heavy atom. The maximum atomic E-state index is 4.45. The Bertz CT molecular complexity index is 476. The van der Waals surface area contributed by atoms with E-state index in [2.05, 4.69) is 39.3 Å². The second-order valence-electron chi connectivity index (χ2n) is 6.32. The monoisotopic (exact) mass is 289 g/mol. The fourth-order valence-corrected chi connectivity index (χ4v) is 3.57. The van der Waals surface area contributed by atoms with Gasteiger partial charge in [-0.25, -0.2) is 9.97 Å². The minimum Gasteiger partial charge on any atom is -0.370 e. The third-order valence-corrected chi connectivity index (χ3v) is 4.79. The Kier molecular flexibility index (Phi) is 4.58. The van der Waals surface area contributed by atoms with E-state index in [1.165, 1.54) is 38.8 Å². The zero-order valence-electron chi connectivity index (χ0n) is 13.2. The van der Waals surface area contributed by atoms with E-state index in [9.17, 15) is 0 Å². The number of hydrogen-bond donors (Lipinski definition) is 2. The molecule has 2 unspecified atom stereocenters. The highest BCUT2D eigenvalue weighted by molar-refractivity contribution is 5.56. The fraction of sp³-hybridized carbons (Fsp3) is 0.750. The predicted molar refractivity (Wildman–Crippen MR) is 86.8 cm³/mol. The summed E-state index contributed by atoms with van der Waals surface area (Å²) in [5, 5.41) is 7.04. The summed E-state index contributed by atoms with van der Waals surface area (Å²) < 4.78 is 0. The molecule has 0 amide bonds. The zero-order chi connectivity index (χ0) is 14.7. The van der Waals surface area contributed by atoms with Crippen LogP contribution in [0.4, 0.5) is 11.6 Å². The van der Waals surface area contributed by atoms with Crippen LogP contribution in [0.15, 0.2) is 6.33 Å². The molecule has 1 aromatic heterocycles. The molecule has 2 aliphatic rings. The smallest absolute Gasteiger partial charge is 0.134 e. The molecule has 0 radical (unpaired) electrons. The van der Waals surface area contributed by atoms with Crippen LogP contribution in [0.25, 0.3) is 0 Å². The van der Waals surface area contributed by atoms with E-state index in [1.54, 1.807) is 6.33 Å². The summed E-state index contributed by atoms with van der Waals surface area (Å²) in [5.74, 6) is 1.97. The van der Waals surface area contributed by atoms with Crippen LogP contribution in [-0.4, -0.2) is 46.6 Å². The lowest BCUT2D eigenvalue weighted by molar-refractivity contribution is 0.188. The van der Waals surface area contributed by atoms with Crippen LogP contribution in [0.5, 0.6) is 0 Å². The first-order valence-electron chi connectivity index (χ1n) is 8.34. The third-order valence-electron chi connectivity index (χ3n) is 4.79. The van der Waals surface area contributed by atoms with Crippen LogP contribution in [0.3, 0.4) is 0 Å². The van der Waals surface area contributed by atoms with Crippen molar-refractivity contribution in [1.29, 1.82) is 0 Å². The molecule has 0 bridgehead atoms. The first-order valence-corrected chi connectivity index (χ1v) is 8.34. The van der Waals surface area contributed by atoms with Crippen LogP contribution in [-0.2, 0) is 0 Å². The first kappa shape index (κ1) is 14.6. The van der Waals surface area contributed by atoms with E-state index in [0.29, 0.717) is 6.04 Å². The van der Waals surface area contributed by atoms with Crippen molar-refractivity contribution >= 4 is 11.6 Å². The lowest BCUT2D eigenvalue weighted by atomic mass is 9.97. The number of anilines is 2. The summed E-state index contributed by atoms with van der Waals surface area (Å²) in [4.78, 5) is 11.5. The maximum Gasteiger partial charge on any atom is 0.134 e. The standard InChI is InChI=1S/C16H27N5/c1-3-7-17-15-12(2)16(19-11-18-15)20-13-6-9-21-8-4-5-14(21)10-13/h11,13-14H,3-10H2,1-2H3,(H2,17,18,19,20). The van der Waals surface area contributed by atoms with Crippen molar-refractivity contribution in [2.24, 2.45) is 0 Å². The lowest BCUT2D eigenvalue weighted by Gasteiger charge is -2.35. The average Bonchev–Trinajstić information content (AvgIpc) is 2.96. The molecular weight excluding hydrogens is 262 g/mol. The molecule has 3 heterocycles. The summed E-state index contributed by atoms with van der Waals surface area (Å²) >= 11 is 0.